The molecule has 2 aromatic carbocycles. The van der Waals surface area contributed by atoms with E-state index in [2.05, 4.69) is 85.0 Å². The molecule has 164 valence electrons. The van der Waals surface area contributed by atoms with E-state index >= 15 is 0 Å². The normalized spacial score (nSPS) is 15.8. The van der Waals surface area contributed by atoms with E-state index in [4.69, 9.17) is 9.89 Å². The number of nitrogens with zero attached hydrogens (tertiary/aromatic N) is 3. The van der Waals surface area contributed by atoms with Crippen LogP contribution in [-0.2, 0) is 17.9 Å². The summed E-state index contributed by atoms with van der Waals surface area (Å²) in [7, 11) is 0. The first-order valence-electron chi connectivity index (χ1n) is 11.3. The largest absolute Gasteiger partial charge is 0.307 e. The van der Waals surface area contributed by atoms with Gasteiger partial charge in [0.1, 0.15) is 6.79 Å². The molecule has 0 saturated carbocycles. The second-order valence-electron chi connectivity index (χ2n) is 8.64. The molecule has 1 aliphatic rings. The van der Waals surface area contributed by atoms with Gasteiger partial charge in [-0.2, -0.15) is 5.10 Å². The lowest BCUT2D eigenvalue weighted by Crippen LogP contribution is -2.37. The Morgan fingerprint density at radius 2 is 1.77 bits per heavy atom. The van der Waals surface area contributed by atoms with Gasteiger partial charge >= 0.3 is 0 Å². The number of hydrogen-bond donors (Lipinski definition) is 0. The van der Waals surface area contributed by atoms with Gasteiger partial charge in [0.25, 0.3) is 0 Å². The van der Waals surface area contributed by atoms with Crippen LogP contribution in [-0.4, -0.2) is 28.0 Å². The molecule has 0 radical (unpaired) electrons. The lowest BCUT2D eigenvalue weighted by atomic mass is 10.0. The smallest absolute Gasteiger partial charge is 0.106 e. The van der Waals surface area contributed by atoms with Crippen LogP contribution in [0.1, 0.15) is 61.0 Å². The van der Waals surface area contributed by atoms with Gasteiger partial charge in [-0.25, -0.2) is 0 Å². The van der Waals surface area contributed by atoms with Crippen LogP contribution in [0.2, 0.25) is 0 Å². The van der Waals surface area contributed by atoms with Crippen molar-refractivity contribution < 1.29 is 4.79 Å². The predicted octanol–water partition coefficient (Wildman–Crippen LogP) is 6.12. The molecule has 3 aromatic rings. The fourth-order valence-electron chi connectivity index (χ4n) is 4.43. The van der Waals surface area contributed by atoms with Crippen molar-refractivity contribution in [1.29, 1.82) is 0 Å². The summed E-state index contributed by atoms with van der Waals surface area (Å²) in [5, 5.41) is 5.06. The number of fused-ring (bicyclic) bond motifs is 1. The van der Waals surface area contributed by atoms with Crippen LogP contribution in [0.25, 0.3) is 11.3 Å². The number of benzene rings is 2. The van der Waals surface area contributed by atoms with Crippen LogP contribution < -0.4 is 0 Å². The van der Waals surface area contributed by atoms with E-state index in [1.165, 1.54) is 53.6 Å². The summed E-state index contributed by atoms with van der Waals surface area (Å²) in [5.74, 6) is 0. The molecule has 0 amide bonds. The summed E-state index contributed by atoms with van der Waals surface area (Å²) in [6, 6.07) is 20.4. The molecule has 0 saturated heterocycles. The molecule has 0 spiro atoms. The molecule has 0 aliphatic carbocycles. The molecule has 1 aromatic heterocycles. The van der Waals surface area contributed by atoms with E-state index < -0.39 is 0 Å². The van der Waals surface area contributed by atoms with Gasteiger partial charge in [0, 0.05) is 25.2 Å². The van der Waals surface area contributed by atoms with E-state index in [-0.39, 0.29) is 0 Å². The van der Waals surface area contributed by atoms with Gasteiger partial charge in [0.05, 0.1) is 17.4 Å². The van der Waals surface area contributed by atoms with E-state index in [9.17, 15) is 0 Å². The monoisotopic (exact) mass is 417 g/mol. The molecule has 1 unspecified atom stereocenters. The number of hydrogen-bond acceptors (Lipinski definition) is 3. The highest BCUT2D eigenvalue weighted by molar-refractivity contribution is 5.59. The second-order valence-corrected chi connectivity index (χ2v) is 8.64. The zero-order valence-electron chi connectivity index (χ0n) is 19.2. The number of unbranched alkanes of at least 4 members (excludes halogenated alkanes) is 2. The Bertz CT molecular complexity index is 961. The molecule has 31 heavy (non-hydrogen) atoms. The molecule has 4 nitrogen and oxygen atoms in total. The van der Waals surface area contributed by atoms with Crippen molar-refractivity contribution in [2.24, 2.45) is 0 Å². The summed E-state index contributed by atoms with van der Waals surface area (Å²) in [6.07, 6.45) is 5.05. The third-order valence-electron chi connectivity index (χ3n) is 5.99. The number of carbonyl (C=O) groups is 1. The Morgan fingerprint density at radius 1 is 1.00 bits per heavy atom. The van der Waals surface area contributed by atoms with Crippen LogP contribution in [0.15, 0.2) is 54.6 Å². The van der Waals surface area contributed by atoms with Crippen molar-refractivity contribution in [2.45, 2.75) is 65.6 Å². The van der Waals surface area contributed by atoms with Gasteiger partial charge in [-0.05, 0) is 31.9 Å². The molecule has 0 bridgehead atoms. The topological polar surface area (TPSA) is 38.1 Å². The number of carbonyl (C=O) groups excluding carboxylic acids is 1. The van der Waals surface area contributed by atoms with Gasteiger partial charge < -0.3 is 4.79 Å². The first-order chi connectivity index (χ1) is 15.1. The highest BCUT2D eigenvalue weighted by Gasteiger charge is 2.26. The SMILES string of the molecule is C=O.CCCCCC1CN(Cc2cccc(C)c2)Cc2cc(-c3ccc(C)cc3)nn21. The minimum Gasteiger partial charge on any atom is -0.307 e. The molecule has 1 aliphatic heterocycles. The average molecular weight is 418 g/mol. The van der Waals surface area contributed by atoms with E-state index in [1.54, 1.807) is 0 Å². The quantitative estimate of drug-likeness (QED) is 0.435. The Balaban J connectivity index is 0.00000132. The maximum absolute atomic E-state index is 8.00. The maximum atomic E-state index is 8.00. The third-order valence-corrected chi connectivity index (χ3v) is 5.99. The summed E-state index contributed by atoms with van der Waals surface area (Å²) >= 11 is 0. The first-order valence-corrected chi connectivity index (χ1v) is 11.3. The standard InChI is InChI=1S/C26H33N3.CH2O/c1-4-5-6-10-24-18-28(17-22-9-7-8-21(3)15-22)19-25-16-26(27-29(24)25)23-13-11-20(2)12-14-23;1-2/h7-9,11-16,24H,4-6,10,17-19H2,1-3H3;1H2. The number of aromatic nitrogens is 2. The molecule has 0 fully saturated rings. The average Bonchev–Trinajstić information content (AvgIpc) is 3.20. The van der Waals surface area contributed by atoms with Crippen molar-refractivity contribution in [3.63, 3.8) is 0 Å². The predicted molar refractivity (Wildman–Crippen MR) is 128 cm³/mol. The zero-order valence-corrected chi connectivity index (χ0v) is 19.2. The summed E-state index contributed by atoms with van der Waals surface area (Å²) in [5.41, 5.74) is 7.71. The minimum atomic E-state index is 0.467. The van der Waals surface area contributed by atoms with Gasteiger partial charge in [0.2, 0.25) is 0 Å². The summed E-state index contributed by atoms with van der Waals surface area (Å²) in [6.45, 7) is 11.7. The van der Waals surface area contributed by atoms with Crippen molar-refractivity contribution in [3.8, 4) is 11.3 Å². The lowest BCUT2D eigenvalue weighted by Gasteiger charge is -2.34. The van der Waals surface area contributed by atoms with Crippen LogP contribution in [0.5, 0.6) is 0 Å². The lowest BCUT2D eigenvalue weighted by molar-refractivity contribution is -0.0979. The van der Waals surface area contributed by atoms with Crippen molar-refractivity contribution in [2.75, 3.05) is 6.54 Å². The fraction of sp³-hybridized carbons (Fsp3) is 0.407. The Morgan fingerprint density at radius 3 is 2.48 bits per heavy atom. The molecule has 0 N–H and O–H groups in total. The molecule has 1 atom stereocenters. The van der Waals surface area contributed by atoms with Gasteiger partial charge in [-0.15, -0.1) is 0 Å². The van der Waals surface area contributed by atoms with E-state index in [0.29, 0.717) is 6.04 Å². The fourth-order valence-corrected chi connectivity index (χ4v) is 4.43. The Hall–Kier alpha value is -2.72. The zero-order chi connectivity index (χ0) is 22.2. The van der Waals surface area contributed by atoms with E-state index in [1.807, 2.05) is 6.79 Å². The minimum absolute atomic E-state index is 0.467. The Kier molecular flexibility index (Phi) is 8.19. The van der Waals surface area contributed by atoms with Crippen LogP contribution in [0.3, 0.4) is 0 Å². The molecule has 4 rings (SSSR count). The highest BCUT2D eigenvalue weighted by atomic mass is 16.1. The molecular weight excluding hydrogens is 382 g/mol. The van der Waals surface area contributed by atoms with Crippen LogP contribution >= 0.6 is 0 Å². The van der Waals surface area contributed by atoms with Crippen molar-refractivity contribution >= 4 is 6.79 Å². The van der Waals surface area contributed by atoms with Crippen molar-refractivity contribution in [3.05, 3.63) is 77.0 Å². The van der Waals surface area contributed by atoms with Crippen LogP contribution in [0, 0.1) is 13.8 Å². The first kappa shape index (κ1) is 23.0. The summed E-state index contributed by atoms with van der Waals surface area (Å²) in [4.78, 5) is 10.6. The molecule has 4 heteroatoms. The third kappa shape index (κ3) is 5.92. The highest BCUT2D eigenvalue weighted by Crippen LogP contribution is 2.30. The number of aryl methyl sites for hydroxylation is 2. The number of rotatable bonds is 7. The maximum Gasteiger partial charge on any atom is 0.106 e. The van der Waals surface area contributed by atoms with Gasteiger partial charge in [-0.3, -0.25) is 9.58 Å². The molecule has 2 heterocycles. The van der Waals surface area contributed by atoms with E-state index in [0.717, 1.165) is 25.3 Å². The summed E-state index contributed by atoms with van der Waals surface area (Å²) < 4.78 is 2.33. The van der Waals surface area contributed by atoms with Gasteiger partial charge in [0.15, 0.2) is 0 Å². The second kappa shape index (κ2) is 11.1. The van der Waals surface area contributed by atoms with Crippen LogP contribution in [0.4, 0.5) is 0 Å². The van der Waals surface area contributed by atoms with Crippen molar-refractivity contribution in [1.82, 2.24) is 14.7 Å². The van der Waals surface area contributed by atoms with Gasteiger partial charge in [-0.1, -0.05) is 85.8 Å². The Labute approximate surface area is 186 Å². The molecular formula is C27H35N3O.